The highest BCUT2D eigenvalue weighted by atomic mass is 19.1. The molecule has 1 aromatic rings. The summed E-state index contributed by atoms with van der Waals surface area (Å²) < 4.78 is 13.6. The summed E-state index contributed by atoms with van der Waals surface area (Å²) in [5.41, 5.74) is 1.42. The third-order valence-electron chi connectivity index (χ3n) is 3.28. The Hall–Kier alpha value is -1.09. The average Bonchev–Trinajstić information content (AvgIpc) is 2.26. The van der Waals surface area contributed by atoms with Gasteiger partial charge in [-0.1, -0.05) is 25.0 Å². The van der Waals surface area contributed by atoms with E-state index in [2.05, 4.69) is 5.32 Å². The number of anilines is 1. The molecular formula is C13H18FNO. The van der Waals surface area contributed by atoms with Gasteiger partial charge in [0.25, 0.3) is 0 Å². The Balaban J connectivity index is 2.13. The Labute approximate surface area is 95.5 Å². The zero-order chi connectivity index (χ0) is 11.5. The van der Waals surface area contributed by atoms with Crippen LogP contribution in [0.3, 0.4) is 0 Å². The van der Waals surface area contributed by atoms with Crippen LogP contribution in [0.2, 0.25) is 0 Å². The molecule has 1 aliphatic rings. The number of para-hydroxylation sites is 1. The van der Waals surface area contributed by atoms with E-state index in [1.54, 1.807) is 6.07 Å². The van der Waals surface area contributed by atoms with Gasteiger partial charge in [0.05, 0.1) is 17.8 Å². The minimum atomic E-state index is -0.354. The first kappa shape index (κ1) is 11.4. The third-order valence-corrected chi connectivity index (χ3v) is 3.28. The summed E-state index contributed by atoms with van der Waals surface area (Å²) in [6.07, 6.45) is 3.53. The van der Waals surface area contributed by atoms with Crippen molar-refractivity contribution in [1.29, 1.82) is 0 Å². The van der Waals surface area contributed by atoms with Crippen LogP contribution in [0.25, 0.3) is 0 Å². The van der Waals surface area contributed by atoms with Crippen molar-refractivity contribution in [2.75, 3.05) is 5.32 Å². The van der Waals surface area contributed by atoms with Crippen LogP contribution in [-0.2, 0) is 0 Å². The lowest BCUT2D eigenvalue weighted by molar-refractivity contribution is 0.116. The van der Waals surface area contributed by atoms with E-state index in [0.29, 0.717) is 5.69 Å². The van der Waals surface area contributed by atoms with Crippen molar-refractivity contribution in [3.05, 3.63) is 29.6 Å². The smallest absolute Gasteiger partial charge is 0.146 e. The Morgan fingerprint density at radius 2 is 2.06 bits per heavy atom. The molecule has 0 spiro atoms. The van der Waals surface area contributed by atoms with E-state index in [4.69, 9.17) is 0 Å². The molecule has 1 aromatic carbocycles. The molecule has 0 amide bonds. The second-order valence-electron chi connectivity index (χ2n) is 4.53. The van der Waals surface area contributed by atoms with Crippen LogP contribution >= 0.6 is 0 Å². The van der Waals surface area contributed by atoms with Gasteiger partial charge in [-0.25, -0.2) is 4.39 Å². The van der Waals surface area contributed by atoms with Gasteiger partial charge < -0.3 is 10.4 Å². The van der Waals surface area contributed by atoms with E-state index in [-0.39, 0.29) is 18.0 Å². The first-order valence-electron chi connectivity index (χ1n) is 5.88. The Bertz CT molecular complexity index is 347. The number of hydrogen-bond acceptors (Lipinski definition) is 2. The van der Waals surface area contributed by atoms with Crippen LogP contribution in [0.5, 0.6) is 0 Å². The van der Waals surface area contributed by atoms with Crippen molar-refractivity contribution >= 4 is 5.69 Å². The molecular weight excluding hydrogens is 205 g/mol. The van der Waals surface area contributed by atoms with E-state index >= 15 is 0 Å². The van der Waals surface area contributed by atoms with Crippen molar-refractivity contribution in [3.8, 4) is 0 Å². The van der Waals surface area contributed by atoms with Crippen LogP contribution < -0.4 is 5.32 Å². The summed E-state index contributed by atoms with van der Waals surface area (Å²) in [6.45, 7) is 1.88. The summed E-state index contributed by atoms with van der Waals surface area (Å²) in [5, 5.41) is 13.0. The Morgan fingerprint density at radius 3 is 2.75 bits per heavy atom. The van der Waals surface area contributed by atoms with Crippen molar-refractivity contribution in [2.24, 2.45) is 0 Å². The average molecular weight is 223 g/mol. The van der Waals surface area contributed by atoms with Gasteiger partial charge in [0.2, 0.25) is 0 Å². The van der Waals surface area contributed by atoms with E-state index < -0.39 is 0 Å². The molecule has 0 bridgehead atoms. The molecule has 2 N–H and O–H groups in total. The van der Waals surface area contributed by atoms with Gasteiger partial charge in [0, 0.05) is 0 Å². The van der Waals surface area contributed by atoms with Crippen LogP contribution in [0.4, 0.5) is 10.1 Å². The summed E-state index contributed by atoms with van der Waals surface area (Å²) in [7, 11) is 0. The lowest BCUT2D eigenvalue weighted by Gasteiger charge is -2.29. The molecule has 0 saturated heterocycles. The lowest BCUT2D eigenvalue weighted by Crippen LogP contribution is -2.36. The van der Waals surface area contributed by atoms with Crippen molar-refractivity contribution in [1.82, 2.24) is 0 Å². The first-order valence-corrected chi connectivity index (χ1v) is 5.88. The van der Waals surface area contributed by atoms with Crippen LogP contribution in [-0.4, -0.2) is 17.3 Å². The quantitative estimate of drug-likeness (QED) is 0.808. The molecule has 0 radical (unpaired) electrons. The number of halogens is 1. The molecule has 3 heteroatoms. The Morgan fingerprint density at radius 1 is 1.31 bits per heavy atom. The third kappa shape index (κ3) is 2.35. The molecule has 2 unspecified atom stereocenters. The second kappa shape index (κ2) is 4.83. The predicted molar refractivity (Wildman–Crippen MR) is 63.0 cm³/mol. The zero-order valence-electron chi connectivity index (χ0n) is 9.54. The van der Waals surface area contributed by atoms with Gasteiger partial charge in [0.15, 0.2) is 0 Å². The molecule has 2 rings (SSSR count). The normalized spacial score (nSPS) is 25.4. The molecule has 1 saturated carbocycles. The van der Waals surface area contributed by atoms with Crippen molar-refractivity contribution < 1.29 is 9.50 Å². The minimum absolute atomic E-state index is 0.00986. The van der Waals surface area contributed by atoms with E-state index in [0.717, 1.165) is 31.2 Å². The number of aryl methyl sites for hydroxylation is 1. The number of nitrogens with one attached hydrogen (secondary N) is 1. The van der Waals surface area contributed by atoms with Gasteiger partial charge in [-0.3, -0.25) is 0 Å². The van der Waals surface area contributed by atoms with Crippen molar-refractivity contribution in [3.63, 3.8) is 0 Å². The molecule has 16 heavy (non-hydrogen) atoms. The standard InChI is InChI=1S/C13H18FNO/c1-9-5-4-6-10(14)13(9)15-11-7-2-3-8-12(11)16/h4-6,11-12,15-16H,2-3,7-8H2,1H3. The monoisotopic (exact) mass is 223 g/mol. The number of aliphatic hydroxyl groups is 1. The van der Waals surface area contributed by atoms with Gasteiger partial charge in [-0.2, -0.15) is 0 Å². The van der Waals surface area contributed by atoms with E-state index in [1.807, 2.05) is 13.0 Å². The molecule has 2 nitrogen and oxygen atoms in total. The molecule has 2 atom stereocenters. The highest BCUT2D eigenvalue weighted by Gasteiger charge is 2.23. The minimum Gasteiger partial charge on any atom is -0.391 e. The zero-order valence-corrected chi connectivity index (χ0v) is 9.54. The summed E-state index contributed by atoms with van der Waals surface area (Å²) >= 11 is 0. The topological polar surface area (TPSA) is 32.3 Å². The number of hydrogen-bond donors (Lipinski definition) is 2. The molecule has 1 aliphatic carbocycles. The lowest BCUT2D eigenvalue weighted by atomic mass is 9.92. The Kier molecular flexibility index (Phi) is 3.44. The van der Waals surface area contributed by atoms with Gasteiger partial charge in [-0.15, -0.1) is 0 Å². The van der Waals surface area contributed by atoms with Gasteiger partial charge >= 0.3 is 0 Å². The number of rotatable bonds is 2. The fourth-order valence-electron chi connectivity index (χ4n) is 2.28. The fourth-order valence-corrected chi connectivity index (χ4v) is 2.28. The highest BCUT2D eigenvalue weighted by molar-refractivity contribution is 5.52. The fraction of sp³-hybridized carbons (Fsp3) is 0.538. The molecule has 1 fully saturated rings. The van der Waals surface area contributed by atoms with Gasteiger partial charge in [0.1, 0.15) is 5.82 Å². The SMILES string of the molecule is Cc1cccc(F)c1NC1CCCCC1O. The van der Waals surface area contributed by atoms with Crippen LogP contribution in [0, 0.1) is 12.7 Å². The number of aliphatic hydroxyl groups excluding tert-OH is 1. The number of benzene rings is 1. The molecule has 0 heterocycles. The van der Waals surface area contributed by atoms with E-state index in [9.17, 15) is 9.50 Å². The van der Waals surface area contributed by atoms with Gasteiger partial charge in [-0.05, 0) is 31.4 Å². The van der Waals surface area contributed by atoms with E-state index in [1.165, 1.54) is 6.07 Å². The maximum atomic E-state index is 13.6. The second-order valence-corrected chi connectivity index (χ2v) is 4.53. The van der Waals surface area contributed by atoms with Crippen LogP contribution in [0.15, 0.2) is 18.2 Å². The summed E-state index contributed by atoms with van der Waals surface area (Å²) in [5.74, 6) is -0.238. The predicted octanol–water partition coefficient (Wildman–Crippen LogP) is 2.85. The molecule has 0 aliphatic heterocycles. The summed E-state index contributed by atoms with van der Waals surface area (Å²) in [6, 6.07) is 5.02. The first-order chi connectivity index (χ1) is 7.68. The summed E-state index contributed by atoms with van der Waals surface area (Å²) in [4.78, 5) is 0. The highest BCUT2D eigenvalue weighted by Crippen LogP contribution is 2.25. The molecule has 0 aromatic heterocycles. The maximum Gasteiger partial charge on any atom is 0.146 e. The maximum absolute atomic E-state index is 13.6. The molecule has 88 valence electrons. The van der Waals surface area contributed by atoms with Crippen LogP contribution in [0.1, 0.15) is 31.2 Å². The van der Waals surface area contributed by atoms with Crippen molar-refractivity contribution in [2.45, 2.75) is 44.8 Å². The largest absolute Gasteiger partial charge is 0.391 e.